The SMILES string of the molecule is CCn1ncnc1CCC(Cl)COC. The van der Waals surface area contributed by atoms with Gasteiger partial charge >= 0.3 is 0 Å². The van der Waals surface area contributed by atoms with Gasteiger partial charge in [-0.3, -0.25) is 4.68 Å². The molecule has 14 heavy (non-hydrogen) atoms. The standard InChI is InChI=1S/C9H16ClN3O/c1-3-13-9(11-7-12-13)5-4-8(10)6-14-2/h7-8H,3-6H2,1-2H3. The Bertz CT molecular complexity index is 264. The molecular formula is C9H16ClN3O. The van der Waals surface area contributed by atoms with Crippen LogP contribution in [0.2, 0.25) is 0 Å². The summed E-state index contributed by atoms with van der Waals surface area (Å²) in [6.45, 7) is 3.49. The number of aromatic nitrogens is 3. The minimum Gasteiger partial charge on any atom is -0.383 e. The smallest absolute Gasteiger partial charge is 0.138 e. The average Bonchev–Trinajstić information content (AvgIpc) is 2.62. The van der Waals surface area contributed by atoms with Crippen molar-refractivity contribution in [1.82, 2.24) is 14.8 Å². The third-order valence-corrected chi connectivity index (χ3v) is 2.37. The van der Waals surface area contributed by atoms with Crippen LogP contribution in [0.4, 0.5) is 0 Å². The summed E-state index contributed by atoms with van der Waals surface area (Å²) < 4.78 is 6.84. The molecule has 5 heteroatoms. The summed E-state index contributed by atoms with van der Waals surface area (Å²) in [5.74, 6) is 0.995. The fraction of sp³-hybridized carbons (Fsp3) is 0.778. The van der Waals surface area contributed by atoms with Crippen molar-refractivity contribution in [2.45, 2.75) is 31.7 Å². The van der Waals surface area contributed by atoms with Gasteiger partial charge in [-0.2, -0.15) is 5.10 Å². The van der Waals surface area contributed by atoms with Crippen molar-refractivity contribution >= 4 is 11.6 Å². The van der Waals surface area contributed by atoms with Crippen LogP contribution < -0.4 is 0 Å². The van der Waals surface area contributed by atoms with E-state index in [1.54, 1.807) is 13.4 Å². The lowest BCUT2D eigenvalue weighted by Gasteiger charge is -2.07. The molecule has 80 valence electrons. The Morgan fingerprint density at radius 3 is 3.07 bits per heavy atom. The highest BCUT2D eigenvalue weighted by Gasteiger charge is 2.07. The van der Waals surface area contributed by atoms with Crippen LogP contribution in [-0.4, -0.2) is 33.9 Å². The molecule has 1 unspecified atom stereocenters. The Hall–Kier alpha value is -0.610. The predicted octanol–water partition coefficient (Wildman–Crippen LogP) is 1.48. The Labute approximate surface area is 89.2 Å². The van der Waals surface area contributed by atoms with Gasteiger partial charge in [0.15, 0.2) is 0 Å². The van der Waals surface area contributed by atoms with Crippen molar-refractivity contribution in [3.63, 3.8) is 0 Å². The van der Waals surface area contributed by atoms with Crippen LogP contribution in [0.25, 0.3) is 0 Å². The van der Waals surface area contributed by atoms with E-state index < -0.39 is 0 Å². The molecule has 1 rings (SSSR count). The van der Waals surface area contributed by atoms with E-state index in [0.29, 0.717) is 6.61 Å². The van der Waals surface area contributed by atoms with Gasteiger partial charge in [-0.1, -0.05) is 0 Å². The number of hydrogen-bond acceptors (Lipinski definition) is 3. The molecule has 0 aromatic carbocycles. The number of alkyl halides is 1. The molecule has 0 aliphatic heterocycles. The van der Waals surface area contributed by atoms with Crippen molar-refractivity contribution in [1.29, 1.82) is 0 Å². The number of nitrogens with zero attached hydrogens (tertiary/aromatic N) is 3. The van der Waals surface area contributed by atoms with Gasteiger partial charge in [-0.25, -0.2) is 4.98 Å². The zero-order valence-electron chi connectivity index (χ0n) is 8.61. The van der Waals surface area contributed by atoms with E-state index in [-0.39, 0.29) is 5.38 Å². The van der Waals surface area contributed by atoms with E-state index in [1.807, 2.05) is 11.6 Å². The van der Waals surface area contributed by atoms with Gasteiger partial charge in [-0.15, -0.1) is 11.6 Å². The first kappa shape index (κ1) is 11.5. The van der Waals surface area contributed by atoms with Crippen LogP contribution in [0, 0.1) is 0 Å². The molecular weight excluding hydrogens is 202 g/mol. The van der Waals surface area contributed by atoms with E-state index in [0.717, 1.165) is 25.2 Å². The van der Waals surface area contributed by atoms with E-state index in [4.69, 9.17) is 16.3 Å². The summed E-state index contributed by atoms with van der Waals surface area (Å²) in [5.41, 5.74) is 0. The highest BCUT2D eigenvalue weighted by Crippen LogP contribution is 2.07. The van der Waals surface area contributed by atoms with Gasteiger partial charge in [0, 0.05) is 20.1 Å². The molecule has 0 saturated heterocycles. The number of rotatable bonds is 6. The van der Waals surface area contributed by atoms with Crippen LogP contribution in [0.15, 0.2) is 6.33 Å². The largest absolute Gasteiger partial charge is 0.383 e. The second-order valence-electron chi connectivity index (χ2n) is 3.08. The topological polar surface area (TPSA) is 39.9 Å². The highest BCUT2D eigenvalue weighted by atomic mass is 35.5. The second kappa shape index (κ2) is 5.98. The molecule has 0 N–H and O–H groups in total. The van der Waals surface area contributed by atoms with Gasteiger partial charge in [0.05, 0.1) is 12.0 Å². The summed E-state index contributed by atoms with van der Waals surface area (Å²) in [7, 11) is 1.66. The molecule has 0 fully saturated rings. The van der Waals surface area contributed by atoms with Crippen LogP contribution in [0.3, 0.4) is 0 Å². The molecule has 0 radical (unpaired) electrons. The Balaban J connectivity index is 2.37. The first-order valence-corrected chi connectivity index (χ1v) is 5.21. The summed E-state index contributed by atoms with van der Waals surface area (Å²) in [4.78, 5) is 4.17. The van der Waals surface area contributed by atoms with Crippen molar-refractivity contribution < 1.29 is 4.74 Å². The fourth-order valence-corrected chi connectivity index (χ4v) is 1.53. The van der Waals surface area contributed by atoms with Crippen LogP contribution in [-0.2, 0) is 17.7 Å². The maximum absolute atomic E-state index is 6.01. The van der Waals surface area contributed by atoms with Gasteiger partial charge in [0.25, 0.3) is 0 Å². The van der Waals surface area contributed by atoms with Crippen LogP contribution >= 0.6 is 11.6 Å². The average molecular weight is 218 g/mol. The van der Waals surface area contributed by atoms with Crippen molar-refractivity contribution in [2.75, 3.05) is 13.7 Å². The summed E-state index contributed by atoms with van der Waals surface area (Å²) in [6.07, 6.45) is 3.30. The second-order valence-corrected chi connectivity index (χ2v) is 3.70. The third kappa shape index (κ3) is 3.27. The first-order chi connectivity index (χ1) is 6.77. The zero-order valence-corrected chi connectivity index (χ0v) is 9.37. The van der Waals surface area contributed by atoms with Crippen LogP contribution in [0.1, 0.15) is 19.2 Å². The quantitative estimate of drug-likeness (QED) is 0.678. The lowest BCUT2D eigenvalue weighted by Crippen LogP contribution is -2.11. The molecule has 0 amide bonds. The molecule has 0 aliphatic carbocycles. The fourth-order valence-electron chi connectivity index (χ4n) is 1.30. The maximum Gasteiger partial charge on any atom is 0.138 e. The molecule has 0 spiro atoms. The number of ether oxygens (including phenoxy) is 1. The van der Waals surface area contributed by atoms with Gasteiger partial charge < -0.3 is 4.74 Å². The first-order valence-electron chi connectivity index (χ1n) is 4.77. The zero-order chi connectivity index (χ0) is 10.4. The summed E-state index contributed by atoms with van der Waals surface area (Å²) >= 11 is 6.01. The lowest BCUT2D eigenvalue weighted by molar-refractivity contribution is 0.195. The predicted molar refractivity (Wildman–Crippen MR) is 55.5 cm³/mol. The summed E-state index contributed by atoms with van der Waals surface area (Å²) in [6, 6.07) is 0. The molecule has 1 heterocycles. The van der Waals surface area contributed by atoms with Crippen LogP contribution in [0.5, 0.6) is 0 Å². The Morgan fingerprint density at radius 2 is 2.43 bits per heavy atom. The van der Waals surface area contributed by atoms with Crippen molar-refractivity contribution in [3.05, 3.63) is 12.2 Å². The van der Waals surface area contributed by atoms with E-state index in [2.05, 4.69) is 10.1 Å². The molecule has 1 atom stereocenters. The van der Waals surface area contributed by atoms with Crippen molar-refractivity contribution in [2.24, 2.45) is 0 Å². The van der Waals surface area contributed by atoms with E-state index in [1.165, 1.54) is 0 Å². The van der Waals surface area contributed by atoms with Crippen molar-refractivity contribution in [3.8, 4) is 0 Å². The molecule has 0 saturated carbocycles. The minimum atomic E-state index is 0.0574. The normalized spacial score (nSPS) is 13.1. The Kier molecular flexibility index (Phi) is 4.90. The minimum absolute atomic E-state index is 0.0574. The van der Waals surface area contributed by atoms with E-state index in [9.17, 15) is 0 Å². The van der Waals surface area contributed by atoms with Gasteiger partial charge in [0.2, 0.25) is 0 Å². The summed E-state index contributed by atoms with van der Waals surface area (Å²) in [5, 5.41) is 4.15. The molecule has 1 aromatic heterocycles. The Morgan fingerprint density at radius 1 is 1.64 bits per heavy atom. The number of methoxy groups -OCH3 is 1. The van der Waals surface area contributed by atoms with E-state index >= 15 is 0 Å². The van der Waals surface area contributed by atoms with Gasteiger partial charge in [0.1, 0.15) is 12.2 Å². The molecule has 1 aromatic rings. The number of hydrogen-bond donors (Lipinski definition) is 0. The number of aryl methyl sites for hydroxylation is 2. The molecule has 0 bridgehead atoms. The van der Waals surface area contributed by atoms with Gasteiger partial charge in [-0.05, 0) is 13.3 Å². The monoisotopic (exact) mass is 217 g/mol. The number of halogens is 1. The maximum atomic E-state index is 6.01. The molecule has 0 aliphatic rings. The highest BCUT2D eigenvalue weighted by molar-refractivity contribution is 6.20. The lowest BCUT2D eigenvalue weighted by atomic mass is 10.2. The molecule has 4 nitrogen and oxygen atoms in total. The third-order valence-electron chi connectivity index (χ3n) is 2.02.